The molecule has 0 fully saturated rings. The van der Waals surface area contributed by atoms with Crippen LogP contribution in [0.5, 0.6) is 11.5 Å². The van der Waals surface area contributed by atoms with Gasteiger partial charge in [-0.25, -0.2) is 4.98 Å². The number of para-hydroxylation sites is 4. The van der Waals surface area contributed by atoms with E-state index in [1.807, 2.05) is 12.3 Å². The standard InChI is InChI=1S/C54H45N5O.Pt/c1-34-15-13-20-44-45-21-14-16-35(2)52(45)58(51(34)44)39-27-28-55-50(32-39)59-47-23-11-9-19-42(47)43-26-25-40(33-49(43)59)60-41-30-36(29-37(31-41)54(3,4)5)53-56-46-22-10-12-24-48(46)57(53)38-17-7-6-8-18-38;/h6-9,11,13-21,23,25-29,31-32H,10,12,22,24H2,1-5H3;/q-2;+2. The number of hydrogen-bond donors (Lipinski definition) is 0. The molecule has 0 aliphatic heterocycles. The third-order valence-electron chi connectivity index (χ3n) is 12.3. The van der Waals surface area contributed by atoms with Crippen molar-refractivity contribution in [1.29, 1.82) is 0 Å². The molecule has 0 N–H and O–H groups in total. The molecule has 1 aliphatic rings. The first-order valence-corrected chi connectivity index (χ1v) is 21.0. The van der Waals surface area contributed by atoms with Crippen molar-refractivity contribution in [2.75, 3.05) is 0 Å². The predicted molar refractivity (Wildman–Crippen MR) is 244 cm³/mol. The van der Waals surface area contributed by atoms with Crippen LogP contribution in [0.15, 0.2) is 134 Å². The number of rotatable bonds is 6. The Morgan fingerprint density at radius 3 is 2.07 bits per heavy atom. The molecule has 1 aliphatic carbocycles. The van der Waals surface area contributed by atoms with E-state index < -0.39 is 0 Å². The van der Waals surface area contributed by atoms with Crippen molar-refractivity contribution in [3.05, 3.63) is 174 Å². The van der Waals surface area contributed by atoms with Gasteiger partial charge < -0.3 is 18.4 Å². The van der Waals surface area contributed by atoms with E-state index in [-0.39, 0.29) is 26.5 Å². The van der Waals surface area contributed by atoms with Gasteiger partial charge in [0, 0.05) is 51.4 Å². The molecular formula is C54H45N5OPt. The van der Waals surface area contributed by atoms with E-state index in [4.69, 9.17) is 14.7 Å². The third kappa shape index (κ3) is 6.51. The molecule has 0 unspecified atom stereocenters. The Morgan fingerprint density at radius 1 is 0.607 bits per heavy atom. The maximum Gasteiger partial charge on any atom is 2.00 e. The smallest absolute Gasteiger partial charge is 0.503 e. The average Bonchev–Trinajstić information content (AvgIpc) is 3.93. The molecule has 10 aromatic rings. The molecule has 0 saturated carbocycles. The Labute approximate surface area is 370 Å². The Kier molecular flexibility index (Phi) is 9.60. The minimum Gasteiger partial charge on any atom is -0.503 e. The summed E-state index contributed by atoms with van der Waals surface area (Å²) in [7, 11) is 0. The molecule has 7 heteroatoms. The first-order valence-electron chi connectivity index (χ1n) is 21.0. The number of pyridine rings is 1. The zero-order valence-corrected chi connectivity index (χ0v) is 37.3. The first kappa shape index (κ1) is 38.9. The summed E-state index contributed by atoms with van der Waals surface area (Å²) in [4.78, 5) is 10.3. The summed E-state index contributed by atoms with van der Waals surface area (Å²) in [6.45, 7) is 11.1. The van der Waals surface area contributed by atoms with Crippen molar-refractivity contribution >= 4 is 43.6 Å². The summed E-state index contributed by atoms with van der Waals surface area (Å²) in [5.74, 6) is 2.96. The molecule has 0 atom stereocenters. The number of aromatic nitrogens is 5. The van der Waals surface area contributed by atoms with E-state index in [9.17, 15) is 0 Å². The van der Waals surface area contributed by atoms with Gasteiger partial charge in [-0.05, 0) is 85.7 Å². The van der Waals surface area contributed by atoms with E-state index in [0.29, 0.717) is 11.5 Å². The first-order chi connectivity index (χ1) is 29.2. The molecule has 302 valence electrons. The molecule has 4 aromatic heterocycles. The maximum absolute atomic E-state index is 6.84. The van der Waals surface area contributed by atoms with Crippen LogP contribution in [0, 0.1) is 26.0 Å². The molecule has 6 nitrogen and oxygen atoms in total. The minimum absolute atomic E-state index is 0. The Bertz CT molecular complexity index is 3250. The van der Waals surface area contributed by atoms with Gasteiger partial charge in [0.05, 0.1) is 28.2 Å². The van der Waals surface area contributed by atoms with E-state index in [2.05, 4.69) is 182 Å². The van der Waals surface area contributed by atoms with Crippen LogP contribution >= 0.6 is 0 Å². The molecule has 0 spiro atoms. The summed E-state index contributed by atoms with van der Waals surface area (Å²) in [5, 5.41) is 4.71. The van der Waals surface area contributed by atoms with Gasteiger partial charge in [0.2, 0.25) is 0 Å². The minimum atomic E-state index is -0.143. The van der Waals surface area contributed by atoms with Crippen LogP contribution in [0.1, 0.15) is 61.7 Å². The molecule has 4 heterocycles. The van der Waals surface area contributed by atoms with Crippen LogP contribution in [0.4, 0.5) is 0 Å². The Balaban J connectivity index is 0.00000445. The zero-order chi connectivity index (χ0) is 40.7. The Morgan fingerprint density at radius 2 is 1.31 bits per heavy atom. The van der Waals surface area contributed by atoms with Crippen LogP contribution in [0.2, 0.25) is 0 Å². The molecule has 61 heavy (non-hydrogen) atoms. The summed E-state index contributed by atoms with van der Waals surface area (Å²) in [6, 6.07) is 52.5. The van der Waals surface area contributed by atoms with Crippen molar-refractivity contribution in [2.24, 2.45) is 0 Å². The third-order valence-corrected chi connectivity index (χ3v) is 12.3. The average molecular weight is 975 g/mol. The van der Waals surface area contributed by atoms with E-state index in [1.54, 1.807) is 0 Å². The van der Waals surface area contributed by atoms with E-state index in [1.165, 1.54) is 50.7 Å². The van der Waals surface area contributed by atoms with Crippen LogP contribution in [-0.4, -0.2) is 23.7 Å². The van der Waals surface area contributed by atoms with Gasteiger partial charge in [-0.15, -0.1) is 34.7 Å². The van der Waals surface area contributed by atoms with Crippen molar-refractivity contribution in [2.45, 2.75) is 65.7 Å². The SMILES string of the molecule is Cc1cccc2c3cccc(C)c3n(-c3ccnc(-n4c5[c-]c(Oc6[c-]c(-c7nc8c(n7-c7ccccc7)CCCC8)cc(C(C)(C)C)c6)ccc5c5ccccc54)c3)c12.[Pt+2]. The van der Waals surface area contributed by atoms with E-state index >= 15 is 0 Å². The van der Waals surface area contributed by atoms with Crippen molar-refractivity contribution in [1.82, 2.24) is 23.7 Å². The number of benzene rings is 6. The summed E-state index contributed by atoms with van der Waals surface area (Å²) in [6.07, 6.45) is 6.25. The fraction of sp³-hybridized carbons (Fsp3) is 0.185. The van der Waals surface area contributed by atoms with Gasteiger partial charge in [0.25, 0.3) is 0 Å². The van der Waals surface area contributed by atoms with Gasteiger partial charge in [0.1, 0.15) is 5.82 Å². The Hall–Kier alpha value is -6.23. The molecule has 0 bridgehead atoms. The summed E-state index contributed by atoms with van der Waals surface area (Å²) >= 11 is 0. The number of nitrogens with zero attached hydrogens (tertiary/aromatic N) is 5. The van der Waals surface area contributed by atoms with E-state index in [0.717, 1.165) is 75.2 Å². The van der Waals surface area contributed by atoms with Crippen molar-refractivity contribution in [3.8, 4) is 40.1 Å². The molecule has 6 aromatic carbocycles. The quantitative estimate of drug-likeness (QED) is 0.156. The van der Waals surface area contributed by atoms with Gasteiger partial charge in [-0.1, -0.05) is 111 Å². The molecule has 0 radical (unpaired) electrons. The van der Waals surface area contributed by atoms with Crippen LogP contribution in [-0.2, 0) is 39.3 Å². The number of hydrogen-bond acceptors (Lipinski definition) is 3. The zero-order valence-electron chi connectivity index (χ0n) is 35.0. The van der Waals surface area contributed by atoms with Crippen molar-refractivity contribution < 1.29 is 25.8 Å². The number of ether oxygens (including phenoxy) is 1. The maximum atomic E-state index is 6.84. The predicted octanol–water partition coefficient (Wildman–Crippen LogP) is 13.3. The van der Waals surface area contributed by atoms with Crippen LogP contribution < -0.4 is 4.74 Å². The number of aryl methyl sites for hydroxylation is 3. The molecular weight excluding hydrogens is 930 g/mol. The number of fused-ring (bicyclic) bond motifs is 7. The molecule has 11 rings (SSSR count). The second-order valence-electron chi connectivity index (χ2n) is 17.3. The largest absolute Gasteiger partial charge is 2.00 e. The molecule has 0 saturated heterocycles. The normalized spacial score (nSPS) is 12.9. The van der Waals surface area contributed by atoms with Gasteiger partial charge in [-0.3, -0.25) is 4.98 Å². The fourth-order valence-electron chi connectivity index (χ4n) is 9.40. The van der Waals surface area contributed by atoms with Crippen LogP contribution in [0.25, 0.3) is 72.2 Å². The topological polar surface area (TPSA) is 49.8 Å². The van der Waals surface area contributed by atoms with Crippen molar-refractivity contribution in [3.63, 3.8) is 0 Å². The second-order valence-corrected chi connectivity index (χ2v) is 17.3. The fourth-order valence-corrected chi connectivity index (χ4v) is 9.40. The monoisotopic (exact) mass is 974 g/mol. The van der Waals surface area contributed by atoms with Gasteiger partial charge in [0.15, 0.2) is 0 Å². The summed E-state index contributed by atoms with van der Waals surface area (Å²) < 4.78 is 13.8. The van der Waals surface area contributed by atoms with Gasteiger partial charge in [-0.2, -0.15) is 6.07 Å². The number of imidazole rings is 1. The van der Waals surface area contributed by atoms with Gasteiger partial charge >= 0.3 is 21.1 Å². The second kappa shape index (κ2) is 15.0. The summed E-state index contributed by atoms with van der Waals surface area (Å²) in [5.41, 5.74) is 13.4. The van der Waals surface area contributed by atoms with Crippen LogP contribution in [0.3, 0.4) is 0 Å². The molecule has 0 amide bonds.